The highest BCUT2D eigenvalue weighted by molar-refractivity contribution is 5.87. The molecule has 0 aromatic heterocycles. The molecule has 0 radical (unpaired) electrons. The summed E-state index contributed by atoms with van der Waals surface area (Å²) in [5.74, 6) is 0.806. The molecule has 1 unspecified atom stereocenters. The van der Waals surface area contributed by atoms with Gasteiger partial charge in [0, 0.05) is 6.54 Å². The normalized spacial score (nSPS) is 18.4. The van der Waals surface area contributed by atoms with Crippen molar-refractivity contribution in [2.75, 3.05) is 19.6 Å². The minimum Gasteiger partial charge on any atom is -0.315 e. The topological polar surface area (TPSA) is 46.3 Å². The molecule has 0 bridgehead atoms. The Labute approximate surface area is 157 Å². The van der Waals surface area contributed by atoms with Crippen molar-refractivity contribution in [2.24, 2.45) is 11.7 Å². The van der Waals surface area contributed by atoms with Crippen molar-refractivity contribution in [2.45, 2.75) is 38.1 Å². The Bertz CT molecular complexity index is 693. The Hall–Kier alpha value is -1.97. The fourth-order valence-corrected chi connectivity index (χ4v) is 3.96. The molecule has 1 atom stereocenters. The van der Waals surface area contributed by atoms with Gasteiger partial charge >= 0.3 is 0 Å². The number of carbonyl (C=O) groups excluding carboxylic acids is 1. The first-order valence-electron chi connectivity index (χ1n) is 9.69. The lowest BCUT2D eigenvalue weighted by atomic mass is 9.83. The molecule has 2 N–H and O–H groups in total. The first-order chi connectivity index (χ1) is 12.6. The molecule has 2 aromatic rings. The van der Waals surface area contributed by atoms with Crippen molar-refractivity contribution in [1.29, 1.82) is 0 Å². The third-order valence-corrected chi connectivity index (χ3v) is 5.81. The van der Waals surface area contributed by atoms with Gasteiger partial charge in [-0.1, -0.05) is 60.7 Å². The van der Waals surface area contributed by atoms with Gasteiger partial charge in [0.05, 0.1) is 0 Å². The third-order valence-electron chi connectivity index (χ3n) is 5.81. The Morgan fingerprint density at radius 2 is 1.62 bits per heavy atom. The van der Waals surface area contributed by atoms with E-state index < -0.39 is 5.54 Å². The van der Waals surface area contributed by atoms with Crippen LogP contribution in [-0.2, 0) is 16.8 Å². The van der Waals surface area contributed by atoms with Crippen LogP contribution in [0.15, 0.2) is 60.7 Å². The minimum absolute atomic E-state index is 0.0441. The summed E-state index contributed by atoms with van der Waals surface area (Å²) in [5, 5.41) is 0. The SMILES string of the molecule is CC(=O)C(N)(CCN1CCC(Cc2ccccc2)CC1)c1ccccc1. The van der Waals surface area contributed by atoms with Gasteiger partial charge in [0.25, 0.3) is 0 Å². The number of ketones is 1. The summed E-state index contributed by atoms with van der Waals surface area (Å²) < 4.78 is 0. The molecule has 0 aliphatic carbocycles. The summed E-state index contributed by atoms with van der Waals surface area (Å²) in [6, 6.07) is 20.6. The average molecular weight is 351 g/mol. The van der Waals surface area contributed by atoms with Gasteiger partial charge in [0.15, 0.2) is 5.78 Å². The van der Waals surface area contributed by atoms with Gasteiger partial charge in [-0.05, 0) is 62.7 Å². The Morgan fingerprint density at radius 3 is 2.19 bits per heavy atom. The zero-order valence-electron chi connectivity index (χ0n) is 15.7. The lowest BCUT2D eigenvalue weighted by Gasteiger charge is -2.35. The predicted molar refractivity (Wildman–Crippen MR) is 107 cm³/mol. The molecule has 0 saturated carbocycles. The van der Waals surface area contributed by atoms with E-state index >= 15 is 0 Å². The number of benzene rings is 2. The maximum Gasteiger partial charge on any atom is 0.154 e. The van der Waals surface area contributed by atoms with E-state index in [4.69, 9.17) is 5.73 Å². The summed E-state index contributed by atoms with van der Waals surface area (Å²) in [6.45, 7) is 4.68. The van der Waals surface area contributed by atoms with Crippen LogP contribution in [0.3, 0.4) is 0 Å². The second-order valence-electron chi connectivity index (χ2n) is 7.62. The number of nitrogens with zero attached hydrogens (tertiary/aromatic N) is 1. The van der Waals surface area contributed by atoms with E-state index in [0.717, 1.165) is 31.1 Å². The molecule has 1 heterocycles. The molecular weight excluding hydrogens is 320 g/mol. The van der Waals surface area contributed by atoms with Crippen LogP contribution in [0.1, 0.15) is 37.3 Å². The number of hydrogen-bond acceptors (Lipinski definition) is 3. The maximum atomic E-state index is 12.3. The first kappa shape index (κ1) is 18.8. The van der Waals surface area contributed by atoms with Crippen LogP contribution < -0.4 is 5.73 Å². The van der Waals surface area contributed by atoms with Crippen LogP contribution in [0.2, 0.25) is 0 Å². The number of likely N-dealkylation sites (tertiary alicyclic amines) is 1. The molecule has 3 heteroatoms. The number of nitrogens with two attached hydrogens (primary N) is 1. The van der Waals surface area contributed by atoms with E-state index in [1.807, 2.05) is 30.3 Å². The van der Waals surface area contributed by atoms with Gasteiger partial charge in [-0.2, -0.15) is 0 Å². The second kappa shape index (κ2) is 8.61. The van der Waals surface area contributed by atoms with Crippen LogP contribution in [0, 0.1) is 5.92 Å². The number of carbonyl (C=O) groups is 1. The molecule has 0 amide bonds. The minimum atomic E-state index is -0.873. The van der Waals surface area contributed by atoms with Gasteiger partial charge in [0.2, 0.25) is 0 Å². The predicted octanol–water partition coefficient (Wildman–Crippen LogP) is 3.77. The molecular formula is C23H30N2O. The van der Waals surface area contributed by atoms with Gasteiger partial charge in [0.1, 0.15) is 5.54 Å². The van der Waals surface area contributed by atoms with Gasteiger partial charge in [-0.25, -0.2) is 0 Å². The summed E-state index contributed by atoms with van der Waals surface area (Å²) >= 11 is 0. The highest BCUT2D eigenvalue weighted by Crippen LogP contribution is 2.26. The fourth-order valence-electron chi connectivity index (χ4n) is 3.96. The van der Waals surface area contributed by atoms with Crippen LogP contribution in [-0.4, -0.2) is 30.3 Å². The maximum absolute atomic E-state index is 12.3. The lowest BCUT2D eigenvalue weighted by Crippen LogP contribution is -2.47. The molecule has 1 aliphatic rings. The summed E-state index contributed by atoms with van der Waals surface area (Å²) in [6.07, 6.45) is 4.29. The lowest BCUT2D eigenvalue weighted by molar-refractivity contribution is -0.122. The molecule has 1 saturated heterocycles. The Morgan fingerprint density at radius 1 is 1.04 bits per heavy atom. The summed E-state index contributed by atoms with van der Waals surface area (Å²) in [7, 11) is 0. The number of hydrogen-bond donors (Lipinski definition) is 1. The van der Waals surface area contributed by atoms with Gasteiger partial charge in [-0.3, -0.25) is 4.79 Å². The smallest absolute Gasteiger partial charge is 0.154 e. The molecule has 1 aliphatic heterocycles. The standard InChI is InChI=1S/C23H30N2O/c1-19(26)23(24,22-10-6-3-7-11-22)14-17-25-15-12-21(13-16-25)18-20-8-4-2-5-9-20/h2-11,21H,12-18,24H2,1H3. The Balaban J connectivity index is 1.52. The van der Waals surface area contributed by atoms with Crippen molar-refractivity contribution >= 4 is 5.78 Å². The van der Waals surface area contributed by atoms with Gasteiger partial charge < -0.3 is 10.6 Å². The van der Waals surface area contributed by atoms with E-state index in [1.165, 1.54) is 24.8 Å². The monoisotopic (exact) mass is 350 g/mol. The molecule has 3 nitrogen and oxygen atoms in total. The second-order valence-corrected chi connectivity index (χ2v) is 7.62. The highest BCUT2D eigenvalue weighted by atomic mass is 16.1. The van der Waals surface area contributed by atoms with E-state index in [2.05, 4.69) is 35.2 Å². The Kier molecular flexibility index (Phi) is 6.23. The van der Waals surface area contributed by atoms with Crippen LogP contribution in [0.5, 0.6) is 0 Å². The van der Waals surface area contributed by atoms with E-state index in [9.17, 15) is 4.79 Å². The zero-order valence-corrected chi connectivity index (χ0v) is 15.7. The molecule has 138 valence electrons. The molecule has 26 heavy (non-hydrogen) atoms. The fraction of sp³-hybridized carbons (Fsp3) is 0.435. The number of Topliss-reactive ketones (excluding diaryl/α,β-unsaturated/α-hetero) is 1. The van der Waals surface area contributed by atoms with Crippen LogP contribution >= 0.6 is 0 Å². The van der Waals surface area contributed by atoms with Crippen molar-refractivity contribution in [3.8, 4) is 0 Å². The van der Waals surface area contributed by atoms with Gasteiger partial charge in [-0.15, -0.1) is 0 Å². The van der Waals surface area contributed by atoms with Crippen molar-refractivity contribution in [3.05, 3.63) is 71.8 Å². The van der Waals surface area contributed by atoms with Crippen molar-refractivity contribution < 1.29 is 4.79 Å². The van der Waals surface area contributed by atoms with E-state index in [1.54, 1.807) is 6.92 Å². The van der Waals surface area contributed by atoms with E-state index in [0.29, 0.717) is 6.42 Å². The first-order valence-corrected chi connectivity index (χ1v) is 9.69. The number of piperidine rings is 1. The van der Waals surface area contributed by atoms with Crippen molar-refractivity contribution in [1.82, 2.24) is 4.90 Å². The molecule has 0 spiro atoms. The quantitative estimate of drug-likeness (QED) is 0.827. The largest absolute Gasteiger partial charge is 0.315 e. The van der Waals surface area contributed by atoms with Crippen LogP contribution in [0.25, 0.3) is 0 Å². The third kappa shape index (κ3) is 4.60. The van der Waals surface area contributed by atoms with E-state index in [-0.39, 0.29) is 5.78 Å². The molecule has 3 rings (SSSR count). The molecule has 1 fully saturated rings. The summed E-state index contributed by atoms with van der Waals surface area (Å²) in [4.78, 5) is 14.7. The summed E-state index contributed by atoms with van der Waals surface area (Å²) in [5.41, 5.74) is 8.02. The highest BCUT2D eigenvalue weighted by Gasteiger charge is 2.33. The molecule has 2 aromatic carbocycles. The number of rotatable bonds is 7. The van der Waals surface area contributed by atoms with Crippen molar-refractivity contribution in [3.63, 3.8) is 0 Å². The average Bonchev–Trinajstić information content (AvgIpc) is 2.68. The van der Waals surface area contributed by atoms with Crippen LogP contribution in [0.4, 0.5) is 0 Å². The zero-order chi connectivity index (χ0) is 18.4.